The second-order valence-corrected chi connectivity index (χ2v) is 4.79. The maximum absolute atomic E-state index is 6.13. The summed E-state index contributed by atoms with van der Waals surface area (Å²) in [7, 11) is 0. The van der Waals surface area contributed by atoms with Crippen molar-refractivity contribution in [2.24, 2.45) is 5.73 Å². The van der Waals surface area contributed by atoms with Gasteiger partial charge in [-0.1, -0.05) is 35.5 Å². The van der Waals surface area contributed by atoms with Crippen molar-refractivity contribution in [3.63, 3.8) is 0 Å². The highest BCUT2D eigenvalue weighted by Gasteiger charge is 2.23. The Hall–Kier alpha value is -1.72. The normalized spacial score (nSPS) is 21.2. The number of ether oxygens (including phenoxy) is 1. The van der Waals surface area contributed by atoms with Crippen molar-refractivity contribution in [2.75, 3.05) is 13.2 Å². The Morgan fingerprint density at radius 1 is 1.26 bits per heavy atom. The Kier molecular flexibility index (Phi) is 3.57. The van der Waals surface area contributed by atoms with Crippen LogP contribution >= 0.6 is 0 Å². The minimum absolute atomic E-state index is 0.231. The Bertz CT molecular complexity index is 520. The molecule has 0 spiro atoms. The van der Waals surface area contributed by atoms with Crippen LogP contribution in [0.15, 0.2) is 34.9 Å². The molecule has 1 aliphatic rings. The first-order valence-corrected chi connectivity index (χ1v) is 6.56. The smallest absolute Gasteiger partial charge is 0.248 e. The molecule has 0 bridgehead atoms. The molecule has 1 fully saturated rings. The minimum atomic E-state index is -0.369. The second kappa shape index (κ2) is 5.50. The number of hydrogen-bond acceptors (Lipinski definition) is 5. The average Bonchev–Trinajstić information content (AvgIpc) is 2.98. The van der Waals surface area contributed by atoms with Crippen LogP contribution in [0, 0.1) is 0 Å². The summed E-state index contributed by atoms with van der Waals surface area (Å²) >= 11 is 0. The first kappa shape index (κ1) is 12.3. The highest BCUT2D eigenvalue weighted by atomic mass is 16.5. The third-order valence-electron chi connectivity index (χ3n) is 3.41. The van der Waals surface area contributed by atoms with Crippen molar-refractivity contribution < 1.29 is 9.26 Å². The second-order valence-electron chi connectivity index (χ2n) is 4.79. The molecule has 0 saturated carbocycles. The first-order valence-electron chi connectivity index (χ1n) is 6.56. The molecule has 0 aliphatic carbocycles. The van der Waals surface area contributed by atoms with Crippen molar-refractivity contribution in [1.29, 1.82) is 0 Å². The Morgan fingerprint density at radius 2 is 2.11 bits per heavy atom. The summed E-state index contributed by atoms with van der Waals surface area (Å²) in [6.45, 7) is 1.49. The summed E-state index contributed by atoms with van der Waals surface area (Å²) in [6.07, 6.45) is 2.08. The molecule has 1 aromatic heterocycles. The highest BCUT2D eigenvalue weighted by molar-refractivity contribution is 5.23. The van der Waals surface area contributed by atoms with Crippen LogP contribution in [-0.4, -0.2) is 23.4 Å². The lowest BCUT2D eigenvalue weighted by atomic mass is 10.0. The van der Waals surface area contributed by atoms with Gasteiger partial charge < -0.3 is 15.0 Å². The van der Waals surface area contributed by atoms with E-state index in [-0.39, 0.29) is 12.0 Å². The van der Waals surface area contributed by atoms with E-state index in [0.29, 0.717) is 18.3 Å². The summed E-state index contributed by atoms with van der Waals surface area (Å²) in [5.41, 5.74) is 7.10. The molecule has 1 saturated heterocycles. The zero-order valence-corrected chi connectivity index (χ0v) is 10.7. The van der Waals surface area contributed by atoms with Gasteiger partial charge in [-0.05, 0) is 18.4 Å². The van der Waals surface area contributed by atoms with E-state index in [4.69, 9.17) is 15.0 Å². The molecule has 1 aromatic carbocycles. The van der Waals surface area contributed by atoms with E-state index in [0.717, 1.165) is 25.0 Å². The predicted molar refractivity (Wildman–Crippen MR) is 69.6 cm³/mol. The third-order valence-corrected chi connectivity index (χ3v) is 3.41. The van der Waals surface area contributed by atoms with E-state index in [9.17, 15) is 0 Å². The predicted octanol–water partition coefficient (Wildman–Crippen LogP) is 2.01. The fourth-order valence-corrected chi connectivity index (χ4v) is 2.29. The van der Waals surface area contributed by atoms with Crippen molar-refractivity contribution >= 4 is 0 Å². The molecule has 2 heterocycles. The molecule has 3 rings (SSSR count). The van der Waals surface area contributed by atoms with Gasteiger partial charge in [0.1, 0.15) is 6.04 Å². The topological polar surface area (TPSA) is 74.2 Å². The third kappa shape index (κ3) is 2.67. The van der Waals surface area contributed by atoms with E-state index < -0.39 is 0 Å². The fraction of sp³-hybridized carbons (Fsp3) is 0.429. The summed E-state index contributed by atoms with van der Waals surface area (Å²) in [5, 5.41) is 4.04. The number of nitrogens with zero attached hydrogens (tertiary/aromatic N) is 2. The van der Waals surface area contributed by atoms with Crippen LogP contribution in [-0.2, 0) is 4.74 Å². The zero-order valence-electron chi connectivity index (χ0n) is 10.7. The van der Waals surface area contributed by atoms with Crippen LogP contribution in [0.1, 0.15) is 42.1 Å². The Morgan fingerprint density at radius 3 is 2.84 bits per heavy atom. The van der Waals surface area contributed by atoms with Crippen LogP contribution in [0.4, 0.5) is 0 Å². The maximum atomic E-state index is 6.13. The lowest BCUT2D eigenvalue weighted by molar-refractivity contribution is 0.0773. The van der Waals surface area contributed by atoms with Crippen LogP contribution in [0.5, 0.6) is 0 Å². The van der Waals surface area contributed by atoms with Gasteiger partial charge in [0.15, 0.2) is 5.82 Å². The summed E-state index contributed by atoms with van der Waals surface area (Å²) < 4.78 is 10.7. The molecule has 2 N–H and O–H groups in total. The molecule has 5 heteroatoms. The minimum Gasteiger partial charge on any atom is -0.381 e. The monoisotopic (exact) mass is 259 g/mol. The number of rotatable bonds is 3. The zero-order chi connectivity index (χ0) is 13.1. The van der Waals surface area contributed by atoms with Gasteiger partial charge in [0, 0.05) is 12.5 Å². The maximum Gasteiger partial charge on any atom is 0.248 e. The summed E-state index contributed by atoms with van der Waals surface area (Å²) in [4.78, 5) is 4.43. The number of nitrogens with two attached hydrogens (primary N) is 1. The van der Waals surface area contributed by atoms with Crippen LogP contribution in [0.2, 0.25) is 0 Å². The van der Waals surface area contributed by atoms with Crippen molar-refractivity contribution in [2.45, 2.75) is 24.8 Å². The van der Waals surface area contributed by atoms with Crippen LogP contribution < -0.4 is 5.73 Å². The summed E-state index contributed by atoms with van der Waals surface area (Å²) in [6, 6.07) is 9.39. The van der Waals surface area contributed by atoms with E-state index in [2.05, 4.69) is 10.1 Å². The van der Waals surface area contributed by atoms with Gasteiger partial charge in [0.25, 0.3) is 0 Å². The molecule has 0 radical (unpaired) electrons. The van der Waals surface area contributed by atoms with Gasteiger partial charge in [-0.25, -0.2) is 0 Å². The number of aromatic nitrogens is 2. The van der Waals surface area contributed by atoms with E-state index in [1.165, 1.54) is 0 Å². The van der Waals surface area contributed by atoms with Crippen molar-refractivity contribution in [1.82, 2.24) is 10.1 Å². The van der Waals surface area contributed by atoms with Crippen LogP contribution in [0.25, 0.3) is 0 Å². The van der Waals surface area contributed by atoms with Crippen molar-refractivity contribution in [3.8, 4) is 0 Å². The largest absolute Gasteiger partial charge is 0.381 e. The Balaban J connectivity index is 1.77. The van der Waals surface area contributed by atoms with Gasteiger partial charge in [-0.2, -0.15) is 4.98 Å². The molecule has 19 heavy (non-hydrogen) atoms. The molecule has 0 amide bonds. The van der Waals surface area contributed by atoms with Crippen LogP contribution in [0.3, 0.4) is 0 Å². The summed E-state index contributed by atoms with van der Waals surface area (Å²) in [5.74, 6) is 1.40. The number of benzene rings is 1. The number of hydrogen-bond donors (Lipinski definition) is 1. The molecule has 1 aliphatic heterocycles. The SMILES string of the molecule is N[C@@H](c1ccccc1)c1nc(C2CCCOC2)no1. The average molecular weight is 259 g/mol. The molecular weight excluding hydrogens is 242 g/mol. The molecule has 2 atom stereocenters. The van der Waals surface area contributed by atoms with Crippen molar-refractivity contribution in [3.05, 3.63) is 47.6 Å². The van der Waals surface area contributed by atoms with E-state index in [1.807, 2.05) is 30.3 Å². The molecular formula is C14H17N3O2. The van der Waals surface area contributed by atoms with E-state index in [1.54, 1.807) is 0 Å². The van der Waals surface area contributed by atoms with Gasteiger partial charge in [-0.15, -0.1) is 0 Å². The Labute approximate surface area is 111 Å². The fourth-order valence-electron chi connectivity index (χ4n) is 2.29. The van der Waals surface area contributed by atoms with Gasteiger partial charge in [0.05, 0.1) is 6.61 Å². The van der Waals surface area contributed by atoms with E-state index >= 15 is 0 Å². The lowest BCUT2D eigenvalue weighted by Crippen LogP contribution is -2.17. The van der Waals surface area contributed by atoms with Gasteiger partial charge in [0.2, 0.25) is 5.89 Å². The molecule has 100 valence electrons. The molecule has 5 nitrogen and oxygen atoms in total. The standard InChI is InChI=1S/C14H17N3O2/c15-12(10-5-2-1-3-6-10)14-16-13(17-19-14)11-7-4-8-18-9-11/h1-3,5-6,11-12H,4,7-9,15H2/t11?,12-/m0/s1. The lowest BCUT2D eigenvalue weighted by Gasteiger charge is -2.18. The highest BCUT2D eigenvalue weighted by Crippen LogP contribution is 2.25. The quantitative estimate of drug-likeness (QED) is 0.912. The van der Waals surface area contributed by atoms with Gasteiger partial charge in [-0.3, -0.25) is 0 Å². The molecule has 1 unspecified atom stereocenters. The first-order chi connectivity index (χ1) is 9.34. The van der Waals surface area contributed by atoms with Gasteiger partial charge >= 0.3 is 0 Å². The molecule has 2 aromatic rings.